The topological polar surface area (TPSA) is 40.5 Å². The van der Waals surface area contributed by atoms with Crippen molar-refractivity contribution in [1.82, 2.24) is 0 Å². The van der Waals surface area contributed by atoms with Crippen LogP contribution in [-0.2, 0) is 4.79 Å². The Bertz CT molecular complexity index is 504. The zero-order chi connectivity index (χ0) is 13.8. The molecule has 1 aliphatic heterocycles. The number of rotatable bonds is 3. The molecule has 1 fully saturated rings. The zero-order valence-corrected chi connectivity index (χ0v) is 12.2. The molecule has 0 aliphatic carbocycles. The van der Waals surface area contributed by atoms with Crippen molar-refractivity contribution in [1.29, 1.82) is 0 Å². The van der Waals surface area contributed by atoms with Crippen LogP contribution in [0.2, 0.25) is 5.02 Å². The Labute approximate surface area is 122 Å². The van der Waals surface area contributed by atoms with E-state index in [1.54, 1.807) is 0 Å². The number of carboxylic acid groups (broad SMARTS) is 1. The number of benzene rings is 1. The Kier molecular flexibility index (Phi) is 4.77. The van der Waals surface area contributed by atoms with Gasteiger partial charge in [0, 0.05) is 40.9 Å². The summed E-state index contributed by atoms with van der Waals surface area (Å²) in [7, 11) is 0. The van der Waals surface area contributed by atoms with Crippen LogP contribution < -0.4 is 4.90 Å². The fourth-order valence-electron chi connectivity index (χ4n) is 2.10. The second-order valence-corrected chi connectivity index (χ2v) is 6.05. The van der Waals surface area contributed by atoms with E-state index in [-0.39, 0.29) is 0 Å². The molecule has 2 rings (SSSR count). The Balaban J connectivity index is 2.20. The second-order valence-electron chi connectivity index (χ2n) is 4.49. The van der Waals surface area contributed by atoms with Gasteiger partial charge in [0.2, 0.25) is 0 Å². The third kappa shape index (κ3) is 3.67. The lowest BCUT2D eigenvalue weighted by Crippen LogP contribution is -2.40. The lowest BCUT2D eigenvalue weighted by atomic mass is 10.1. The normalized spacial score (nSPS) is 19.9. The van der Waals surface area contributed by atoms with Gasteiger partial charge in [0.25, 0.3) is 0 Å². The van der Waals surface area contributed by atoms with Gasteiger partial charge in [0.05, 0.1) is 0 Å². The number of aliphatic carboxylic acids is 1. The van der Waals surface area contributed by atoms with Crippen LogP contribution in [0, 0.1) is 0 Å². The summed E-state index contributed by atoms with van der Waals surface area (Å²) in [5.74, 6) is 1.28. The smallest absolute Gasteiger partial charge is 0.328 e. The first-order valence-electron chi connectivity index (χ1n) is 6.13. The van der Waals surface area contributed by atoms with Crippen molar-refractivity contribution in [3.8, 4) is 0 Å². The lowest BCUT2D eigenvalue weighted by Gasteiger charge is -2.35. The highest BCUT2D eigenvalue weighted by Crippen LogP contribution is 2.28. The van der Waals surface area contributed by atoms with E-state index in [1.807, 2.05) is 30.0 Å². The third-order valence-electron chi connectivity index (χ3n) is 3.09. The van der Waals surface area contributed by atoms with Crippen LogP contribution >= 0.6 is 23.4 Å². The van der Waals surface area contributed by atoms with E-state index in [4.69, 9.17) is 16.7 Å². The first kappa shape index (κ1) is 14.3. The van der Waals surface area contributed by atoms with Crippen molar-refractivity contribution in [2.75, 3.05) is 23.0 Å². The van der Waals surface area contributed by atoms with E-state index in [2.05, 4.69) is 11.8 Å². The van der Waals surface area contributed by atoms with Gasteiger partial charge in [-0.25, -0.2) is 4.79 Å². The summed E-state index contributed by atoms with van der Waals surface area (Å²) in [6.45, 7) is 3.23. The predicted octanol–water partition coefficient (Wildman–Crippen LogP) is 3.38. The quantitative estimate of drug-likeness (QED) is 0.868. The van der Waals surface area contributed by atoms with Gasteiger partial charge >= 0.3 is 5.97 Å². The summed E-state index contributed by atoms with van der Waals surface area (Å²) in [5.41, 5.74) is 1.83. The number of carboxylic acids is 1. The molecule has 0 spiro atoms. The Morgan fingerprint density at radius 3 is 3.00 bits per heavy atom. The first-order valence-corrected chi connectivity index (χ1v) is 7.66. The fourth-order valence-corrected chi connectivity index (χ4v) is 3.35. The number of thioether (sulfide) groups is 1. The summed E-state index contributed by atoms with van der Waals surface area (Å²) < 4.78 is 0. The molecule has 0 amide bonds. The molecule has 19 heavy (non-hydrogen) atoms. The molecule has 1 aromatic rings. The second kappa shape index (κ2) is 6.35. The average Bonchev–Trinajstić information content (AvgIpc) is 2.37. The molecular formula is C14H16ClNO2S. The molecule has 1 unspecified atom stereocenters. The van der Waals surface area contributed by atoms with E-state index < -0.39 is 5.97 Å². The molecule has 3 nitrogen and oxygen atoms in total. The van der Waals surface area contributed by atoms with Crippen LogP contribution in [0.15, 0.2) is 24.3 Å². The number of anilines is 1. The summed E-state index contributed by atoms with van der Waals surface area (Å²) >= 11 is 8.17. The summed E-state index contributed by atoms with van der Waals surface area (Å²) in [4.78, 5) is 12.8. The molecule has 1 aromatic carbocycles. The minimum atomic E-state index is -0.971. The SMILES string of the molecule is CC1CSCCN1c1ccc(/C=C/C(=O)O)c(Cl)c1. The molecule has 0 saturated carbocycles. The van der Waals surface area contributed by atoms with Gasteiger partial charge in [0.1, 0.15) is 0 Å². The molecule has 5 heteroatoms. The Morgan fingerprint density at radius 2 is 2.37 bits per heavy atom. The number of hydrogen-bond donors (Lipinski definition) is 1. The van der Waals surface area contributed by atoms with E-state index in [0.29, 0.717) is 11.1 Å². The average molecular weight is 298 g/mol. The molecule has 1 saturated heterocycles. The van der Waals surface area contributed by atoms with Crippen molar-refractivity contribution in [3.05, 3.63) is 34.9 Å². The highest BCUT2D eigenvalue weighted by molar-refractivity contribution is 7.99. The van der Waals surface area contributed by atoms with E-state index in [9.17, 15) is 4.79 Å². The van der Waals surface area contributed by atoms with Crippen molar-refractivity contribution in [2.45, 2.75) is 13.0 Å². The first-order chi connectivity index (χ1) is 9.08. The van der Waals surface area contributed by atoms with Gasteiger partial charge in [-0.2, -0.15) is 11.8 Å². The molecule has 1 N–H and O–H groups in total. The largest absolute Gasteiger partial charge is 0.478 e. The van der Waals surface area contributed by atoms with Crippen LogP contribution in [0.25, 0.3) is 6.08 Å². The van der Waals surface area contributed by atoms with E-state index in [1.165, 1.54) is 6.08 Å². The maximum atomic E-state index is 10.5. The molecular weight excluding hydrogens is 282 g/mol. The molecule has 0 radical (unpaired) electrons. The minimum Gasteiger partial charge on any atom is -0.478 e. The summed E-state index contributed by atoms with van der Waals surface area (Å²) in [6.07, 6.45) is 2.62. The molecule has 1 aliphatic rings. The van der Waals surface area contributed by atoms with Crippen molar-refractivity contribution < 1.29 is 9.90 Å². The van der Waals surface area contributed by atoms with Gasteiger partial charge < -0.3 is 10.0 Å². The monoisotopic (exact) mass is 297 g/mol. The van der Waals surface area contributed by atoms with Crippen LogP contribution in [0.4, 0.5) is 5.69 Å². The molecule has 0 aromatic heterocycles. The van der Waals surface area contributed by atoms with Gasteiger partial charge in [-0.1, -0.05) is 17.7 Å². The Morgan fingerprint density at radius 1 is 1.58 bits per heavy atom. The minimum absolute atomic E-state index is 0.496. The van der Waals surface area contributed by atoms with Crippen LogP contribution in [0.1, 0.15) is 12.5 Å². The van der Waals surface area contributed by atoms with Crippen LogP contribution in [0.5, 0.6) is 0 Å². The molecule has 102 valence electrons. The summed E-state index contributed by atoms with van der Waals surface area (Å²) in [6, 6.07) is 6.27. The summed E-state index contributed by atoms with van der Waals surface area (Å²) in [5, 5.41) is 9.20. The number of hydrogen-bond acceptors (Lipinski definition) is 3. The van der Waals surface area contributed by atoms with Gasteiger partial charge in [-0.15, -0.1) is 0 Å². The van der Waals surface area contributed by atoms with Gasteiger partial charge in [-0.05, 0) is 30.7 Å². The van der Waals surface area contributed by atoms with E-state index >= 15 is 0 Å². The maximum absolute atomic E-state index is 10.5. The highest BCUT2D eigenvalue weighted by Gasteiger charge is 2.19. The fraction of sp³-hybridized carbons (Fsp3) is 0.357. The Hall–Kier alpha value is -1.13. The van der Waals surface area contributed by atoms with Gasteiger partial charge in [-0.3, -0.25) is 0 Å². The number of carbonyl (C=O) groups is 1. The van der Waals surface area contributed by atoms with Crippen LogP contribution in [0.3, 0.4) is 0 Å². The van der Waals surface area contributed by atoms with Gasteiger partial charge in [0.15, 0.2) is 0 Å². The van der Waals surface area contributed by atoms with Crippen LogP contribution in [-0.4, -0.2) is 35.2 Å². The number of halogens is 1. The van der Waals surface area contributed by atoms with E-state index in [0.717, 1.165) is 35.4 Å². The standard InChI is InChI=1S/C14H16ClNO2S/c1-10-9-19-7-6-16(10)12-4-2-11(13(15)8-12)3-5-14(17)18/h2-5,8,10H,6-7,9H2,1H3,(H,17,18)/b5-3+. The van der Waals surface area contributed by atoms with Crippen molar-refractivity contribution >= 4 is 41.1 Å². The maximum Gasteiger partial charge on any atom is 0.328 e. The zero-order valence-electron chi connectivity index (χ0n) is 10.7. The molecule has 1 atom stereocenters. The highest BCUT2D eigenvalue weighted by atomic mass is 35.5. The number of nitrogens with zero attached hydrogens (tertiary/aromatic N) is 1. The molecule has 0 bridgehead atoms. The lowest BCUT2D eigenvalue weighted by molar-refractivity contribution is -0.131. The third-order valence-corrected chi connectivity index (χ3v) is 4.61. The predicted molar refractivity (Wildman–Crippen MR) is 82.3 cm³/mol. The molecule has 1 heterocycles. The van der Waals surface area contributed by atoms with Crippen molar-refractivity contribution in [2.24, 2.45) is 0 Å². The van der Waals surface area contributed by atoms with Crippen molar-refractivity contribution in [3.63, 3.8) is 0 Å².